The Kier molecular flexibility index (Phi) is 11.9. The molecule has 0 spiro atoms. The second-order valence-electron chi connectivity index (χ2n) is 16.4. The summed E-state index contributed by atoms with van der Waals surface area (Å²) in [6.45, 7) is 5.84. The van der Waals surface area contributed by atoms with E-state index in [9.17, 15) is 9.90 Å². The number of fused-ring (bicyclic) bond motifs is 8. The number of benzene rings is 4. The molecule has 0 radical (unpaired) electrons. The normalized spacial score (nSPS) is 18.3. The first-order valence-corrected chi connectivity index (χ1v) is 23.5. The zero-order valence-electron chi connectivity index (χ0n) is 35.6. The van der Waals surface area contributed by atoms with E-state index in [1.165, 1.54) is 11.1 Å². The first-order chi connectivity index (χ1) is 30.1. The molecule has 3 atom stereocenters. The molecule has 2 unspecified atom stereocenters. The van der Waals surface area contributed by atoms with Crippen LogP contribution in [0.15, 0.2) is 89.9 Å². The monoisotopic (exact) mass is 873 g/mol. The predicted octanol–water partition coefficient (Wildman–Crippen LogP) is 9.34. The highest BCUT2D eigenvalue weighted by molar-refractivity contribution is 8.76. The molecule has 4 aliphatic rings. The third-order valence-electron chi connectivity index (χ3n) is 11.8. The topological polar surface area (TPSA) is 127 Å². The van der Waals surface area contributed by atoms with Crippen molar-refractivity contribution >= 4 is 56.5 Å². The maximum Gasteiger partial charge on any atom is 0.260 e. The maximum absolute atomic E-state index is 14.0. The molecule has 62 heavy (non-hydrogen) atoms. The maximum atomic E-state index is 14.0. The van der Waals surface area contributed by atoms with Gasteiger partial charge in [0.2, 0.25) is 0 Å². The molecule has 1 amide bonds. The fourth-order valence-electron chi connectivity index (χ4n) is 8.87. The van der Waals surface area contributed by atoms with Crippen molar-refractivity contribution in [3.05, 3.63) is 119 Å². The lowest BCUT2D eigenvalue weighted by molar-refractivity contribution is 0.0983. The zero-order valence-corrected chi connectivity index (χ0v) is 37.2. The number of methoxy groups -OCH3 is 2. The summed E-state index contributed by atoms with van der Waals surface area (Å²) in [5.74, 6) is 2.44. The molecular weight excluding hydrogens is 823 g/mol. The zero-order chi connectivity index (χ0) is 43.0. The summed E-state index contributed by atoms with van der Waals surface area (Å²) in [4.78, 5) is 27.7. The van der Waals surface area contributed by atoms with Gasteiger partial charge in [-0.2, -0.15) is 0 Å². The van der Waals surface area contributed by atoms with Crippen molar-refractivity contribution in [2.24, 2.45) is 4.99 Å². The van der Waals surface area contributed by atoms with Gasteiger partial charge in [-0.1, -0.05) is 58.0 Å². The Labute approximate surface area is 370 Å². The standard InChI is InChI=1S/C48H51N5O7S2/c1-48(2,62-61-5)15-10-16-58-35-19-31(27-59-44-23-38-36(21-42(44)56-3)46(54)52-33(25-49-38)17-29-11-6-8-13-40(29)52)51-32(20-35)28-60-45-24-39-37(22-43(45)57-4)47(55)53-34(26-50-39)18-30-12-7-9-14-41(30)53/h6-9,11-14,19-25,33-34,46,50,54H,10,15-18,26-28H2,1-5H3/t33-,34?,46?/m0/s1. The fourth-order valence-corrected chi connectivity index (χ4v) is 11.2. The molecule has 0 aliphatic carbocycles. The van der Waals surface area contributed by atoms with Crippen LogP contribution in [-0.2, 0) is 26.1 Å². The van der Waals surface area contributed by atoms with E-state index in [0.29, 0.717) is 75.8 Å². The van der Waals surface area contributed by atoms with Crippen molar-refractivity contribution in [2.45, 2.75) is 75.8 Å². The number of carbonyl (C=O) groups excluding carboxylic acids is 1. The smallest absolute Gasteiger partial charge is 0.260 e. The number of aliphatic hydroxyl groups excluding tert-OH is 1. The lowest BCUT2D eigenvalue weighted by atomic mass is 10.1. The first kappa shape index (κ1) is 41.8. The minimum absolute atomic E-state index is 0.00608. The summed E-state index contributed by atoms with van der Waals surface area (Å²) < 4.78 is 31.0. The predicted molar refractivity (Wildman–Crippen MR) is 248 cm³/mol. The van der Waals surface area contributed by atoms with Gasteiger partial charge in [0.1, 0.15) is 19.0 Å². The molecule has 12 nitrogen and oxygen atoms in total. The number of hydrogen-bond donors (Lipinski definition) is 2. The van der Waals surface area contributed by atoms with E-state index in [1.807, 2.05) is 87.5 Å². The molecule has 0 bridgehead atoms. The Morgan fingerprint density at radius 1 is 0.839 bits per heavy atom. The Morgan fingerprint density at radius 2 is 1.52 bits per heavy atom. The van der Waals surface area contributed by atoms with Gasteiger partial charge in [0.25, 0.3) is 5.91 Å². The molecule has 4 aliphatic heterocycles. The van der Waals surface area contributed by atoms with Gasteiger partial charge >= 0.3 is 0 Å². The first-order valence-electron chi connectivity index (χ1n) is 20.9. The van der Waals surface area contributed by atoms with Gasteiger partial charge in [0, 0.05) is 65.1 Å². The minimum Gasteiger partial charge on any atom is -0.493 e. The highest BCUT2D eigenvalue weighted by Gasteiger charge is 2.39. The van der Waals surface area contributed by atoms with E-state index in [4.69, 9.17) is 33.7 Å². The van der Waals surface area contributed by atoms with Crippen molar-refractivity contribution in [1.29, 1.82) is 0 Å². The van der Waals surface area contributed by atoms with E-state index in [0.717, 1.165) is 37.1 Å². The Hall–Kier alpha value is -5.57. The second-order valence-corrected chi connectivity index (χ2v) is 19.5. The van der Waals surface area contributed by atoms with Crippen LogP contribution < -0.4 is 38.8 Å². The number of aliphatic hydroxyl groups is 1. The summed E-state index contributed by atoms with van der Waals surface area (Å²) in [6.07, 6.45) is 6.51. The third kappa shape index (κ3) is 8.35. The number of carbonyl (C=O) groups is 1. The van der Waals surface area contributed by atoms with Crippen LogP contribution in [-0.4, -0.2) is 72.7 Å². The SMILES string of the molecule is COc1cc2c(cc1OCc1cc(OCCCC(C)(C)SSC)cc(COc3cc4c(cc3OC)C(=O)N3c5ccccc5CC3CN4)n1)N=C[C@@H]1Cc3ccccc3N1C2O. The number of rotatable bonds is 15. The van der Waals surface area contributed by atoms with Crippen molar-refractivity contribution in [2.75, 3.05) is 48.7 Å². The molecule has 322 valence electrons. The van der Waals surface area contributed by atoms with Crippen molar-refractivity contribution in [3.63, 3.8) is 0 Å². The van der Waals surface area contributed by atoms with Crippen LogP contribution >= 0.6 is 21.6 Å². The van der Waals surface area contributed by atoms with Gasteiger partial charge in [-0.25, -0.2) is 0 Å². The summed E-state index contributed by atoms with van der Waals surface area (Å²) in [6, 6.07) is 27.1. The fraction of sp³-hybridized carbons (Fsp3) is 0.354. The van der Waals surface area contributed by atoms with Crippen molar-refractivity contribution < 1.29 is 33.6 Å². The van der Waals surface area contributed by atoms with Crippen LogP contribution in [0, 0.1) is 0 Å². The van der Waals surface area contributed by atoms with E-state index in [-0.39, 0.29) is 36.0 Å². The molecular formula is C48H51N5O7S2. The van der Waals surface area contributed by atoms with Crippen LogP contribution in [0.4, 0.5) is 22.7 Å². The number of aromatic nitrogens is 1. The van der Waals surface area contributed by atoms with Gasteiger partial charge in [0.15, 0.2) is 29.2 Å². The van der Waals surface area contributed by atoms with E-state index >= 15 is 0 Å². The average molecular weight is 874 g/mol. The lowest BCUT2D eigenvalue weighted by Gasteiger charge is -2.29. The number of pyridine rings is 1. The molecule has 5 aromatic rings. The van der Waals surface area contributed by atoms with Crippen LogP contribution in [0.1, 0.15) is 71.4 Å². The molecule has 0 fully saturated rings. The highest BCUT2D eigenvalue weighted by Crippen LogP contribution is 2.46. The van der Waals surface area contributed by atoms with E-state index in [1.54, 1.807) is 37.1 Å². The third-order valence-corrected chi connectivity index (χ3v) is 14.5. The molecule has 4 aromatic carbocycles. The Morgan fingerprint density at radius 3 is 2.24 bits per heavy atom. The van der Waals surface area contributed by atoms with Crippen molar-refractivity contribution in [1.82, 2.24) is 4.98 Å². The summed E-state index contributed by atoms with van der Waals surface area (Å²) in [7, 11) is 6.80. The molecule has 2 N–H and O–H groups in total. The molecule has 9 rings (SSSR count). The van der Waals surface area contributed by atoms with E-state index in [2.05, 4.69) is 37.6 Å². The highest BCUT2D eigenvalue weighted by atomic mass is 33.1. The van der Waals surface area contributed by atoms with Gasteiger partial charge < -0.3 is 43.9 Å². The van der Waals surface area contributed by atoms with Gasteiger partial charge in [-0.3, -0.25) is 14.8 Å². The van der Waals surface area contributed by atoms with Crippen LogP contribution in [0.3, 0.4) is 0 Å². The van der Waals surface area contributed by atoms with Crippen molar-refractivity contribution in [3.8, 4) is 28.7 Å². The molecule has 14 heteroatoms. The summed E-state index contributed by atoms with van der Waals surface area (Å²) in [5, 5.41) is 15.2. The summed E-state index contributed by atoms with van der Waals surface area (Å²) >= 11 is 0. The number of anilines is 3. The number of nitrogens with zero attached hydrogens (tertiary/aromatic N) is 4. The molecule has 5 heterocycles. The Bertz CT molecular complexity index is 2520. The van der Waals surface area contributed by atoms with Crippen LogP contribution in [0.25, 0.3) is 0 Å². The molecule has 1 aromatic heterocycles. The van der Waals surface area contributed by atoms with Gasteiger partial charge in [-0.15, -0.1) is 0 Å². The number of aliphatic imine (C=N–C) groups is 1. The Balaban J connectivity index is 0.952. The number of amides is 1. The van der Waals surface area contributed by atoms with Gasteiger partial charge in [0.05, 0.1) is 61.2 Å². The summed E-state index contributed by atoms with van der Waals surface area (Å²) in [5.41, 5.74) is 8.01. The quantitative estimate of drug-likeness (QED) is 0.0769. The number of ether oxygens (including phenoxy) is 5. The largest absolute Gasteiger partial charge is 0.493 e. The average Bonchev–Trinajstić information content (AvgIpc) is 3.77. The molecule has 0 saturated carbocycles. The van der Waals surface area contributed by atoms with Crippen LogP contribution in [0.5, 0.6) is 28.7 Å². The second kappa shape index (κ2) is 17.7. The van der Waals surface area contributed by atoms with E-state index < -0.39 is 6.23 Å². The molecule has 0 saturated heterocycles. The number of hydrogen-bond acceptors (Lipinski definition) is 13. The van der Waals surface area contributed by atoms with Crippen LogP contribution in [0.2, 0.25) is 0 Å². The minimum atomic E-state index is -0.920. The number of nitrogens with one attached hydrogen (secondary N) is 1. The number of para-hydroxylation sites is 2. The van der Waals surface area contributed by atoms with Gasteiger partial charge in [-0.05, 0) is 74.8 Å². The lowest BCUT2D eigenvalue weighted by Crippen LogP contribution is -2.39.